The number of thiophene rings is 1. The maximum Gasteiger partial charge on any atom is 0.270 e. The second kappa shape index (κ2) is 9.14. The van der Waals surface area contributed by atoms with Crippen LogP contribution < -0.4 is 9.64 Å². The molecular formula is C17H19BrClN3O2S2. The van der Waals surface area contributed by atoms with E-state index in [1.807, 2.05) is 44.4 Å². The predicted octanol–water partition coefficient (Wildman–Crippen LogP) is 4.76. The molecule has 0 unspecified atom stereocenters. The van der Waals surface area contributed by atoms with Crippen LogP contribution in [0.15, 0.2) is 34.1 Å². The minimum absolute atomic E-state index is 0. The molecule has 0 saturated carbocycles. The molecule has 0 radical (unpaired) electrons. The largest absolute Gasteiger partial charge is 0.497 e. The van der Waals surface area contributed by atoms with E-state index in [9.17, 15) is 4.79 Å². The van der Waals surface area contributed by atoms with Crippen molar-refractivity contribution in [3.8, 4) is 5.75 Å². The molecular weight excluding hydrogens is 458 g/mol. The Bertz CT molecular complexity index is 897. The van der Waals surface area contributed by atoms with E-state index in [-0.39, 0.29) is 18.3 Å². The normalized spacial score (nSPS) is 10.8. The zero-order valence-corrected chi connectivity index (χ0v) is 18.6. The molecule has 0 saturated heterocycles. The van der Waals surface area contributed by atoms with Gasteiger partial charge in [0, 0.05) is 19.2 Å². The fourth-order valence-corrected chi connectivity index (χ4v) is 4.59. The summed E-state index contributed by atoms with van der Waals surface area (Å²) in [4.78, 5) is 22.2. The van der Waals surface area contributed by atoms with E-state index in [0.29, 0.717) is 16.6 Å². The molecule has 0 aliphatic heterocycles. The smallest absolute Gasteiger partial charge is 0.270 e. The lowest BCUT2D eigenvalue weighted by atomic mass is 10.3. The number of amides is 1. The molecule has 0 bridgehead atoms. The minimum Gasteiger partial charge on any atom is -0.497 e. The standard InChI is InChI=1S/C17H18BrN3O2S2.ClH/c1-20(2)8-9-21(16(22)14-6-7-15(18)24-14)17-19-12-10-11(23-3)4-5-13(12)25-17;/h4-7,10H,8-9H2,1-3H3;1H. The molecule has 3 rings (SSSR count). The fraction of sp³-hybridized carbons (Fsp3) is 0.294. The van der Waals surface area contributed by atoms with Crippen molar-refractivity contribution in [2.75, 3.05) is 39.2 Å². The molecule has 26 heavy (non-hydrogen) atoms. The molecule has 0 spiro atoms. The van der Waals surface area contributed by atoms with Crippen LogP contribution >= 0.6 is 51.0 Å². The van der Waals surface area contributed by atoms with Crippen molar-refractivity contribution >= 4 is 72.3 Å². The molecule has 0 N–H and O–H groups in total. The Hall–Kier alpha value is -1.19. The summed E-state index contributed by atoms with van der Waals surface area (Å²) < 4.78 is 7.24. The summed E-state index contributed by atoms with van der Waals surface area (Å²) >= 11 is 6.38. The van der Waals surface area contributed by atoms with Crippen LogP contribution in [0.4, 0.5) is 5.13 Å². The van der Waals surface area contributed by atoms with Crippen LogP contribution in [0.2, 0.25) is 0 Å². The van der Waals surface area contributed by atoms with Crippen molar-refractivity contribution < 1.29 is 9.53 Å². The van der Waals surface area contributed by atoms with Crippen LogP contribution in [0, 0.1) is 0 Å². The Morgan fingerprint density at radius 3 is 2.58 bits per heavy atom. The topological polar surface area (TPSA) is 45.7 Å². The van der Waals surface area contributed by atoms with Gasteiger partial charge in [-0.25, -0.2) is 4.98 Å². The zero-order chi connectivity index (χ0) is 18.0. The molecule has 3 aromatic rings. The summed E-state index contributed by atoms with van der Waals surface area (Å²) in [6.07, 6.45) is 0. The third kappa shape index (κ3) is 4.75. The first-order valence-corrected chi connectivity index (χ1v) is 10.1. The Kier molecular flexibility index (Phi) is 7.42. The number of anilines is 1. The highest BCUT2D eigenvalue weighted by Crippen LogP contribution is 2.33. The van der Waals surface area contributed by atoms with Gasteiger partial charge in [-0.15, -0.1) is 23.7 Å². The average Bonchev–Trinajstić information content (AvgIpc) is 3.19. The molecule has 5 nitrogen and oxygen atoms in total. The lowest BCUT2D eigenvalue weighted by molar-refractivity contribution is 0.0989. The number of ether oxygens (including phenoxy) is 1. The van der Waals surface area contributed by atoms with Crippen molar-refractivity contribution in [2.45, 2.75) is 0 Å². The van der Waals surface area contributed by atoms with Gasteiger partial charge < -0.3 is 9.64 Å². The Labute approximate surface area is 175 Å². The number of aromatic nitrogens is 1. The van der Waals surface area contributed by atoms with Gasteiger partial charge in [0.15, 0.2) is 5.13 Å². The molecule has 140 valence electrons. The number of carbonyl (C=O) groups excluding carboxylic acids is 1. The van der Waals surface area contributed by atoms with Gasteiger partial charge in [0.1, 0.15) is 5.75 Å². The van der Waals surface area contributed by atoms with Crippen molar-refractivity contribution in [3.63, 3.8) is 0 Å². The van der Waals surface area contributed by atoms with Crippen LogP contribution in [-0.4, -0.2) is 50.1 Å². The first kappa shape index (κ1) is 21.1. The molecule has 2 aromatic heterocycles. The number of nitrogens with zero attached hydrogens (tertiary/aromatic N) is 3. The van der Waals surface area contributed by atoms with E-state index in [0.717, 1.165) is 26.3 Å². The summed E-state index contributed by atoms with van der Waals surface area (Å²) in [7, 11) is 5.62. The Balaban J connectivity index is 0.00000243. The van der Waals surface area contributed by atoms with E-state index in [1.165, 1.54) is 22.7 Å². The average molecular weight is 477 g/mol. The van der Waals surface area contributed by atoms with Crippen LogP contribution in [0.5, 0.6) is 5.75 Å². The van der Waals surface area contributed by atoms with Crippen LogP contribution in [0.1, 0.15) is 9.67 Å². The van der Waals surface area contributed by atoms with E-state index in [2.05, 4.69) is 25.8 Å². The highest BCUT2D eigenvalue weighted by atomic mass is 79.9. The Morgan fingerprint density at radius 1 is 1.19 bits per heavy atom. The lowest BCUT2D eigenvalue weighted by Gasteiger charge is -2.21. The Morgan fingerprint density at radius 2 is 1.96 bits per heavy atom. The number of halogens is 2. The van der Waals surface area contributed by atoms with Gasteiger partial charge >= 0.3 is 0 Å². The number of rotatable bonds is 6. The quantitative estimate of drug-likeness (QED) is 0.514. The maximum atomic E-state index is 13.0. The van der Waals surface area contributed by atoms with Gasteiger partial charge in [-0.3, -0.25) is 9.69 Å². The SMILES string of the molecule is COc1ccc2sc(N(CCN(C)C)C(=O)c3ccc(Br)s3)nc2c1.Cl. The number of hydrogen-bond acceptors (Lipinski definition) is 6. The van der Waals surface area contributed by atoms with Gasteiger partial charge in [0.25, 0.3) is 5.91 Å². The number of likely N-dealkylation sites (N-methyl/N-ethyl adjacent to an activating group) is 1. The van der Waals surface area contributed by atoms with E-state index >= 15 is 0 Å². The van der Waals surface area contributed by atoms with E-state index in [4.69, 9.17) is 4.74 Å². The molecule has 2 heterocycles. The van der Waals surface area contributed by atoms with Gasteiger partial charge in [0.05, 0.1) is 26.0 Å². The maximum absolute atomic E-state index is 13.0. The highest BCUT2D eigenvalue weighted by molar-refractivity contribution is 9.11. The van der Waals surface area contributed by atoms with Gasteiger partial charge in [-0.05, 0) is 54.3 Å². The van der Waals surface area contributed by atoms with Crippen molar-refractivity contribution in [2.24, 2.45) is 0 Å². The number of thiazole rings is 1. The van der Waals surface area contributed by atoms with Crippen molar-refractivity contribution in [1.29, 1.82) is 0 Å². The summed E-state index contributed by atoms with van der Waals surface area (Å²) in [5.41, 5.74) is 0.842. The van der Waals surface area contributed by atoms with Crippen molar-refractivity contribution in [1.82, 2.24) is 9.88 Å². The third-order valence-electron chi connectivity index (χ3n) is 3.61. The molecule has 0 aliphatic rings. The van der Waals surface area contributed by atoms with Gasteiger partial charge in [0.2, 0.25) is 0 Å². The summed E-state index contributed by atoms with van der Waals surface area (Å²) in [5, 5.41) is 0.708. The number of fused-ring (bicyclic) bond motifs is 1. The minimum atomic E-state index is -0.0245. The van der Waals surface area contributed by atoms with Gasteiger partial charge in [-0.1, -0.05) is 11.3 Å². The number of hydrogen-bond donors (Lipinski definition) is 0. The molecule has 9 heteroatoms. The fourth-order valence-electron chi connectivity index (χ4n) is 2.28. The molecule has 1 aromatic carbocycles. The summed E-state index contributed by atoms with van der Waals surface area (Å²) in [6, 6.07) is 9.52. The number of methoxy groups -OCH3 is 1. The zero-order valence-electron chi connectivity index (χ0n) is 14.6. The monoisotopic (exact) mass is 475 g/mol. The lowest BCUT2D eigenvalue weighted by Crippen LogP contribution is -2.36. The highest BCUT2D eigenvalue weighted by Gasteiger charge is 2.22. The van der Waals surface area contributed by atoms with E-state index in [1.54, 1.807) is 12.0 Å². The molecule has 0 fully saturated rings. The first-order valence-electron chi connectivity index (χ1n) is 7.64. The predicted molar refractivity (Wildman–Crippen MR) is 116 cm³/mol. The molecule has 0 atom stereocenters. The first-order chi connectivity index (χ1) is 12.0. The second-order valence-electron chi connectivity index (χ2n) is 5.69. The molecule has 1 amide bonds. The number of benzene rings is 1. The second-order valence-corrected chi connectivity index (χ2v) is 9.17. The van der Waals surface area contributed by atoms with Crippen LogP contribution in [0.3, 0.4) is 0 Å². The summed E-state index contributed by atoms with van der Waals surface area (Å²) in [5.74, 6) is 0.737. The summed E-state index contributed by atoms with van der Waals surface area (Å²) in [6.45, 7) is 1.34. The van der Waals surface area contributed by atoms with Crippen LogP contribution in [-0.2, 0) is 0 Å². The van der Waals surface area contributed by atoms with Crippen LogP contribution in [0.25, 0.3) is 10.2 Å². The van der Waals surface area contributed by atoms with Gasteiger partial charge in [-0.2, -0.15) is 0 Å². The van der Waals surface area contributed by atoms with Crippen molar-refractivity contribution in [3.05, 3.63) is 39.0 Å². The van der Waals surface area contributed by atoms with E-state index < -0.39 is 0 Å². The third-order valence-corrected chi connectivity index (χ3v) is 6.29. The number of carbonyl (C=O) groups is 1. The molecule has 0 aliphatic carbocycles.